The van der Waals surface area contributed by atoms with Crippen LogP contribution in [0.4, 0.5) is 0 Å². The molecule has 164 valence electrons. The molecule has 4 heterocycles. The Morgan fingerprint density at radius 1 is 0.700 bits per heavy atom. The second-order valence-corrected chi connectivity index (χ2v) is 8.39. The summed E-state index contributed by atoms with van der Waals surface area (Å²) in [6.45, 7) is 21.0. The van der Waals surface area contributed by atoms with Crippen molar-refractivity contribution >= 4 is 11.3 Å². The topological polar surface area (TPSA) is 60.4 Å². The molecular weight excluding hydrogens is 372 g/mol. The fourth-order valence-corrected chi connectivity index (χ4v) is 2.85. The molecule has 0 atom stereocenters. The lowest BCUT2D eigenvalue weighted by atomic mass is 9.88. The number of pyridine rings is 2. The van der Waals surface area contributed by atoms with Gasteiger partial charge in [-0.05, 0) is 23.6 Å². The van der Waals surface area contributed by atoms with Gasteiger partial charge in [0, 0.05) is 22.9 Å². The van der Waals surface area contributed by atoms with Gasteiger partial charge >= 0.3 is 0 Å². The Morgan fingerprint density at radius 2 is 1.33 bits per heavy atom. The summed E-state index contributed by atoms with van der Waals surface area (Å²) in [5.74, 6) is 0. The number of fused-ring (bicyclic) bond motifs is 2. The summed E-state index contributed by atoms with van der Waals surface area (Å²) in [5, 5.41) is 8.29. The molecule has 0 aliphatic carbocycles. The molecule has 6 heteroatoms. The molecule has 0 fully saturated rings. The minimum atomic E-state index is 0.104. The Bertz CT molecular complexity index is 931. The van der Waals surface area contributed by atoms with E-state index in [0.29, 0.717) is 0 Å². The smallest absolute Gasteiger partial charge is 0.158 e. The third kappa shape index (κ3) is 6.12. The van der Waals surface area contributed by atoms with Gasteiger partial charge in [0.2, 0.25) is 0 Å². The highest BCUT2D eigenvalue weighted by Gasteiger charge is 2.18. The predicted molar refractivity (Wildman–Crippen MR) is 126 cm³/mol. The van der Waals surface area contributed by atoms with Crippen molar-refractivity contribution in [3.05, 3.63) is 60.4 Å². The molecule has 0 aliphatic rings. The van der Waals surface area contributed by atoms with E-state index in [-0.39, 0.29) is 10.8 Å². The first-order chi connectivity index (χ1) is 14.2. The van der Waals surface area contributed by atoms with Crippen LogP contribution in [-0.2, 0) is 10.8 Å². The Balaban J connectivity index is 0.000000258. The zero-order valence-electron chi connectivity index (χ0n) is 20.3. The normalized spacial score (nSPS) is 11.0. The van der Waals surface area contributed by atoms with Crippen LogP contribution in [0, 0.1) is 0 Å². The maximum atomic E-state index is 4.24. The fourth-order valence-electron chi connectivity index (χ4n) is 2.85. The van der Waals surface area contributed by atoms with Crippen molar-refractivity contribution in [2.75, 3.05) is 0 Å². The summed E-state index contributed by atoms with van der Waals surface area (Å²) in [6, 6.07) is 10.2. The second kappa shape index (κ2) is 10.9. The lowest BCUT2D eigenvalue weighted by Gasteiger charge is -2.19. The van der Waals surface area contributed by atoms with Crippen LogP contribution in [0.15, 0.2) is 49.2 Å². The van der Waals surface area contributed by atoms with Crippen LogP contribution in [0.1, 0.15) is 80.5 Å². The number of rotatable bonds is 0. The summed E-state index contributed by atoms with van der Waals surface area (Å²) >= 11 is 0. The molecule has 0 saturated carbocycles. The van der Waals surface area contributed by atoms with Gasteiger partial charge in [0.25, 0.3) is 0 Å². The van der Waals surface area contributed by atoms with E-state index in [0.717, 1.165) is 11.3 Å². The molecule has 0 radical (unpaired) electrons. The quantitative estimate of drug-likeness (QED) is 0.351. The minimum absolute atomic E-state index is 0.104. The molecule has 4 aromatic heterocycles. The zero-order chi connectivity index (χ0) is 22.9. The fraction of sp³-hybridized carbons (Fsp3) is 0.500. The summed E-state index contributed by atoms with van der Waals surface area (Å²) in [7, 11) is 0. The van der Waals surface area contributed by atoms with Crippen LogP contribution in [0.2, 0.25) is 0 Å². The Hall–Kier alpha value is -2.76. The average Bonchev–Trinajstić information content (AvgIpc) is 3.38. The Labute approximate surface area is 181 Å². The van der Waals surface area contributed by atoms with Crippen LogP contribution in [-0.4, -0.2) is 29.2 Å². The van der Waals surface area contributed by atoms with Gasteiger partial charge in [-0.3, -0.25) is 0 Å². The van der Waals surface area contributed by atoms with Crippen LogP contribution < -0.4 is 0 Å². The molecule has 0 saturated heterocycles. The lowest BCUT2D eigenvalue weighted by Crippen LogP contribution is -2.16. The van der Waals surface area contributed by atoms with Gasteiger partial charge in [0.15, 0.2) is 11.3 Å². The first kappa shape index (κ1) is 25.3. The third-order valence-electron chi connectivity index (χ3n) is 4.18. The zero-order valence-corrected chi connectivity index (χ0v) is 20.3. The lowest BCUT2D eigenvalue weighted by molar-refractivity contribution is 0.548. The van der Waals surface area contributed by atoms with Crippen LogP contribution in [0.3, 0.4) is 0 Å². The molecule has 6 nitrogen and oxygen atoms in total. The molecule has 0 N–H and O–H groups in total. The van der Waals surface area contributed by atoms with E-state index in [1.165, 1.54) is 11.3 Å². The molecule has 0 bridgehead atoms. The molecule has 0 unspecified atom stereocenters. The number of nitrogens with zero attached hydrogens (tertiary/aromatic N) is 6. The molecule has 0 amide bonds. The van der Waals surface area contributed by atoms with Crippen molar-refractivity contribution in [3.63, 3.8) is 0 Å². The van der Waals surface area contributed by atoms with E-state index in [1.54, 1.807) is 17.2 Å². The molecular formula is C24H38N6. The largest absolute Gasteiger partial charge is 0.221 e. The number of aromatic nitrogens is 6. The van der Waals surface area contributed by atoms with Crippen LogP contribution in [0.5, 0.6) is 0 Å². The first-order valence-corrected chi connectivity index (χ1v) is 10.8. The van der Waals surface area contributed by atoms with Crippen molar-refractivity contribution in [3.8, 4) is 0 Å². The Kier molecular flexibility index (Phi) is 9.15. The predicted octanol–water partition coefficient (Wildman–Crippen LogP) is 6.11. The van der Waals surface area contributed by atoms with Crippen molar-refractivity contribution in [2.24, 2.45) is 0 Å². The van der Waals surface area contributed by atoms with Crippen molar-refractivity contribution < 1.29 is 0 Å². The summed E-state index contributed by atoms with van der Waals surface area (Å²) in [4.78, 5) is 8.38. The molecule has 30 heavy (non-hydrogen) atoms. The van der Waals surface area contributed by atoms with E-state index in [1.807, 2.05) is 56.6 Å². The average molecular weight is 411 g/mol. The first-order valence-electron chi connectivity index (χ1n) is 10.8. The van der Waals surface area contributed by atoms with Crippen molar-refractivity contribution in [2.45, 2.75) is 80.1 Å². The summed E-state index contributed by atoms with van der Waals surface area (Å²) < 4.78 is 3.70. The van der Waals surface area contributed by atoms with E-state index in [9.17, 15) is 0 Å². The third-order valence-corrected chi connectivity index (χ3v) is 4.18. The van der Waals surface area contributed by atoms with E-state index >= 15 is 0 Å². The monoisotopic (exact) mass is 410 g/mol. The molecule has 4 rings (SSSR count). The summed E-state index contributed by atoms with van der Waals surface area (Å²) in [6.07, 6.45) is 5.09. The maximum absolute atomic E-state index is 4.24. The molecule has 4 aromatic rings. The van der Waals surface area contributed by atoms with Gasteiger partial charge in [0.1, 0.15) is 12.7 Å². The highest BCUT2D eigenvalue weighted by molar-refractivity contribution is 5.49. The van der Waals surface area contributed by atoms with Gasteiger partial charge in [-0.1, -0.05) is 81.4 Å². The van der Waals surface area contributed by atoms with Gasteiger partial charge in [0.05, 0.1) is 0 Å². The maximum Gasteiger partial charge on any atom is 0.158 e. The van der Waals surface area contributed by atoms with Crippen molar-refractivity contribution in [1.29, 1.82) is 0 Å². The van der Waals surface area contributed by atoms with E-state index in [2.05, 4.69) is 73.8 Å². The molecule has 0 aromatic carbocycles. The van der Waals surface area contributed by atoms with Gasteiger partial charge in [-0.15, -0.1) is 0 Å². The van der Waals surface area contributed by atoms with E-state index < -0.39 is 0 Å². The highest BCUT2D eigenvalue weighted by Crippen LogP contribution is 2.24. The van der Waals surface area contributed by atoms with Gasteiger partial charge in [-0.2, -0.15) is 10.2 Å². The van der Waals surface area contributed by atoms with Crippen LogP contribution in [0.25, 0.3) is 11.3 Å². The standard InChI is InChI=1S/2C10H13N3.2C2H6/c1-10(2,3)8-5-4-6-13-9(8)11-7-12-13;1-10(2,3)8-5-4-6-9-11-7-12-13(8)9;2*1-2/h2*4-7H,1-3H3;2*1-2H3. The minimum Gasteiger partial charge on any atom is -0.221 e. The van der Waals surface area contributed by atoms with E-state index in [4.69, 9.17) is 0 Å². The molecule has 0 spiro atoms. The molecule has 0 aliphatic heterocycles. The van der Waals surface area contributed by atoms with Gasteiger partial charge < -0.3 is 0 Å². The number of hydrogen-bond donors (Lipinski definition) is 0. The highest BCUT2D eigenvalue weighted by atomic mass is 15.3. The number of hydrogen-bond acceptors (Lipinski definition) is 4. The van der Waals surface area contributed by atoms with Gasteiger partial charge in [-0.25, -0.2) is 19.0 Å². The summed E-state index contributed by atoms with van der Waals surface area (Å²) in [5.41, 5.74) is 4.50. The second-order valence-electron chi connectivity index (χ2n) is 8.39. The Morgan fingerprint density at radius 3 is 1.93 bits per heavy atom. The SMILES string of the molecule is CC.CC.CC(C)(C)c1cccc2ncnn12.CC(C)(C)c1cccn2ncnc12. The van der Waals surface area contributed by atoms with Crippen molar-refractivity contribution in [1.82, 2.24) is 29.2 Å². The van der Waals surface area contributed by atoms with Crippen LogP contribution >= 0.6 is 0 Å².